The van der Waals surface area contributed by atoms with E-state index in [1.807, 2.05) is 72.8 Å². The fourth-order valence-electron chi connectivity index (χ4n) is 4.73. The number of nitrogens with zero attached hydrogens (tertiary/aromatic N) is 1. The summed E-state index contributed by atoms with van der Waals surface area (Å²) in [6.07, 6.45) is 2.74. The van der Waals surface area contributed by atoms with Crippen LogP contribution in [0.5, 0.6) is 0 Å². The third-order valence-electron chi connectivity index (χ3n) is 7.32. The van der Waals surface area contributed by atoms with Crippen molar-refractivity contribution >= 4 is 29.6 Å². The Hall–Kier alpha value is -3.82. The largest absolute Gasteiger partial charge is 0.354 e. The number of thioether (sulfide) groups is 1. The maximum Gasteiger partial charge on any atom is 0.318 e. The van der Waals surface area contributed by atoms with Gasteiger partial charge in [0.15, 0.2) is 0 Å². The third-order valence-corrected chi connectivity index (χ3v) is 8.48. The number of carbonyl (C=O) groups is 3. The van der Waals surface area contributed by atoms with Crippen LogP contribution in [0, 0.1) is 5.92 Å². The summed E-state index contributed by atoms with van der Waals surface area (Å²) in [5.74, 6) is -0.0582. The second kappa shape index (κ2) is 18.8. The predicted molar refractivity (Wildman–Crippen MR) is 177 cm³/mol. The molecule has 3 aromatic carbocycles. The average molecular weight is 619 g/mol. The van der Waals surface area contributed by atoms with E-state index >= 15 is 0 Å². The zero-order valence-corrected chi connectivity index (χ0v) is 26.8. The lowest BCUT2D eigenvalue weighted by Gasteiger charge is -2.33. The molecule has 0 saturated carbocycles. The molecule has 0 bridgehead atoms. The first-order chi connectivity index (χ1) is 21.3. The van der Waals surface area contributed by atoms with Gasteiger partial charge in [-0.1, -0.05) is 100.0 Å². The van der Waals surface area contributed by atoms with E-state index in [2.05, 4.69) is 43.5 Å². The van der Waals surface area contributed by atoms with Crippen molar-refractivity contribution in [1.29, 1.82) is 0 Å². The van der Waals surface area contributed by atoms with E-state index in [-0.39, 0.29) is 12.3 Å². The molecule has 0 aliphatic heterocycles. The van der Waals surface area contributed by atoms with Gasteiger partial charge in [-0.05, 0) is 47.6 Å². The Bertz CT molecular complexity index is 1290. The summed E-state index contributed by atoms with van der Waals surface area (Å²) in [5.41, 5.74) is 4.82. The molecule has 3 rings (SSSR count). The van der Waals surface area contributed by atoms with Crippen LogP contribution in [0.3, 0.4) is 0 Å². The van der Waals surface area contributed by atoms with Crippen LogP contribution in [-0.4, -0.2) is 58.9 Å². The average Bonchev–Trinajstić information content (AvgIpc) is 3.04. The standard InChI is InChI=1S/C35H46N4O4S/c1-4-5-21-36-34(41)32(23-27-16-18-29(19-17-27)28-12-8-6-9-13-28)37-35(42)39(22-20-26(2)3)30(24-33(40)38-43)25-44-31-14-10-7-11-15-31/h6-19,26,30,32,43H,4-5,20-25H2,1-3H3,(H,36,41)(H,37,42)(H,38,40)/t30-,32-/m0/s1. The SMILES string of the molecule is CCCCNC(=O)[C@H](Cc1ccc(-c2ccccc2)cc1)NC(=O)N(CCC(C)C)[C@H](CSc1ccccc1)CC(=O)NO. The molecule has 9 heteroatoms. The highest BCUT2D eigenvalue weighted by Gasteiger charge is 2.30. The van der Waals surface area contributed by atoms with Gasteiger partial charge in [0.05, 0.1) is 12.5 Å². The molecular formula is C35H46N4O4S. The molecular weight excluding hydrogens is 572 g/mol. The molecule has 3 aromatic rings. The minimum atomic E-state index is -0.808. The summed E-state index contributed by atoms with van der Waals surface area (Å²) in [6, 6.07) is 26.1. The molecule has 0 aliphatic carbocycles. The maximum atomic E-state index is 14.0. The zero-order chi connectivity index (χ0) is 31.7. The van der Waals surface area contributed by atoms with Gasteiger partial charge in [0, 0.05) is 30.2 Å². The first kappa shape index (κ1) is 34.7. The van der Waals surface area contributed by atoms with Crippen LogP contribution >= 0.6 is 11.8 Å². The second-order valence-electron chi connectivity index (χ2n) is 11.3. The van der Waals surface area contributed by atoms with Gasteiger partial charge in [-0.2, -0.15) is 0 Å². The molecule has 0 unspecified atom stereocenters. The van der Waals surface area contributed by atoms with Gasteiger partial charge in [-0.3, -0.25) is 14.8 Å². The third kappa shape index (κ3) is 11.7. The van der Waals surface area contributed by atoms with Gasteiger partial charge in [0.2, 0.25) is 11.8 Å². The van der Waals surface area contributed by atoms with Crippen molar-refractivity contribution in [3.8, 4) is 11.1 Å². The smallest absolute Gasteiger partial charge is 0.318 e. The van der Waals surface area contributed by atoms with Crippen molar-refractivity contribution in [1.82, 2.24) is 21.0 Å². The van der Waals surface area contributed by atoms with Gasteiger partial charge in [0.1, 0.15) is 6.04 Å². The normalized spacial score (nSPS) is 12.3. The number of unbranched alkanes of at least 4 members (excludes halogenated alkanes) is 1. The van der Waals surface area contributed by atoms with Gasteiger partial charge in [0.25, 0.3) is 0 Å². The molecule has 44 heavy (non-hydrogen) atoms. The minimum Gasteiger partial charge on any atom is -0.354 e. The van der Waals surface area contributed by atoms with Crippen LogP contribution in [0.15, 0.2) is 89.8 Å². The highest BCUT2D eigenvalue weighted by atomic mass is 32.2. The van der Waals surface area contributed by atoms with Gasteiger partial charge in [-0.15, -0.1) is 11.8 Å². The monoisotopic (exact) mass is 618 g/mol. The molecule has 4 amide bonds. The van der Waals surface area contributed by atoms with Crippen molar-refractivity contribution in [3.63, 3.8) is 0 Å². The molecule has 0 spiro atoms. The van der Waals surface area contributed by atoms with Gasteiger partial charge < -0.3 is 15.5 Å². The number of carbonyl (C=O) groups excluding carboxylic acids is 3. The van der Waals surface area contributed by atoms with Crippen LogP contribution in [0.25, 0.3) is 11.1 Å². The summed E-state index contributed by atoms with van der Waals surface area (Å²) in [7, 11) is 0. The Balaban J connectivity index is 1.84. The number of benzene rings is 3. The highest BCUT2D eigenvalue weighted by Crippen LogP contribution is 2.23. The van der Waals surface area contributed by atoms with Crippen molar-refractivity contribution < 1.29 is 19.6 Å². The molecule has 0 fully saturated rings. The molecule has 8 nitrogen and oxygen atoms in total. The minimum absolute atomic E-state index is 0.0733. The fraction of sp³-hybridized carbons (Fsp3) is 0.400. The Morgan fingerprint density at radius 2 is 1.52 bits per heavy atom. The lowest BCUT2D eigenvalue weighted by molar-refractivity contribution is -0.130. The van der Waals surface area contributed by atoms with Crippen LogP contribution in [0.1, 0.15) is 52.0 Å². The number of urea groups is 1. The van der Waals surface area contributed by atoms with Gasteiger partial charge in [-0.25, -0.2) is 10.3 Å². The topological polar surface area (TPSA) is 111 Å². The van der Waals surface area contributed by atoms with E-state index in [4.69, 9.17) is 0 Å². The number of hydroxylamine groups is 1. The molecule has 0 aromatic heterocycles. The van der Waals surface area contributed by atoms with Crippen molar-refractivity contribution in [3.05, 3.63) is 90.5 Å². The lowest BCUT2D eigenvalue weighted by atomic mass is 10.00. The molecule has 2 atom stereocenters. The van der Waals surface area contributed by atoms with Crippen LogP contribution < -0.4 is 16.1 Å². The number of rotatable bonds is 17. The molecule has 236 valence electrons. The summed E-state index contributed by atoms with van der Waals surface area (Å²) in [4.78, 5) is 42.4. The Kier molecular flexibility index (Phi) is 14.8. The number of amides is 4. The summed E-state index contributed by atoms with van der Waals surface area (Å²) in [6.45, 7) is 7.14. The Morgan fingerprint density at radius 1 is 0.886 bits per heavy atom. The molecule has 0 aliphatic rings. The quantitative estimate of drug-likeness (QED) is 0.0615. The van der Waals surface area contributed by atoms with E-state index in [1.54, 1.807) is 10.4 Å². The summed E-state index contributed by atoms with van der Waals surface area (Å²) < 4.78 is 0. The van der Waals surface area contributed by atoms with Crippen LogP contribution in [0.2, 0.25) is 0 Å². The van der Waals surface area contributed by atoms with E-state index in [1.165, 1.54) is 11.8 Å². The van der Waals surface area contributed by atoms with Gasteiger partial charge >= 0.3 is 6.03 Å². The second-order valence-corrected chi connectivity index (χ2v) is 12.4. The Labute approximate surface area is 266 Å². The molecule has 0 heterocycles. The zero-order valence-electron chi connectivity index (χ0n) is 26.0. The molecule has 4 N–H and O–H groups in total. The Morgan fingerprint density at radius 3 is 2.14 bits per heavy atom. The van der Waals surface area contributed by atoms with Crippen LogP contribution in [-0.2, 0) is 16.0 Å². The number of nitrogens with one attached hydrogen (secondary N) is 3. The number of hydrogen-bond donors (Lipinski definition) is 4. The first-order valence-corrected chi connectivity index (χ1v) is 16.4. The highest BCUT2D eigenvalue weighted by molar-refractivity contribution is 7.99. The van der Waals surface area contributed by atoms with E-state index < -0.39 is 24.0 Å². The molecule has 0 saturated heterocycles. The van der Waals surface area contributed by atoms with E-state index in [0.29, 0.717) is 31.2 Å². The fourth-order valence-corrected chi connectivity index (χ4v) is 5.76. The van der Waals surface area contributed by atoms with Crippen molar-refractivity contribution in [2.24, 2.45) is 5.92 Å². The van der Waals surface area contributed by atoms with Crippen molar-refractivity contribution in [2.45, 2.75) is 69.9 Å². The van der Waals surface area contributed by atoms with Crippen molar-refractivity contribution in [2.75, 3.05) is 18.8 Å². The van der Waals surface area contributed by atoms with Crippen LogP contribution in [0.4, 0.5) is 4.79 Å². The van der Waals surface area contributed by atoms with E-state index in [0.717, 1.165) is 40.8 Å². The lowest BCUT2D eigenvalue weighted by Crippen LogP contribution is -2.55. The first-order valence-electron chi connectivity index (χ1n) is 15.4. The summed E-state index contributed by atoms with van der Waals surface area (Å²) in [5, 5.41) is 15.3. The maximum absolute atomic E-state index is 14.0. The number of hydrogen-bond acceptors (Lipinski definition) is 5. The summed E-state index contributed by atoms with van der Waals surface area (Å²) >= 11 is 1.54. The predicted octanol–water partition coefficient (Wildman–Crippen LogP) is 6.30. The van der Waals surface area contributed by atoms with E-state index in [9.17, 15) is 19.6 Å². The molecule has 0 radical (unpaired) electrons.